The molecule has 35 heavy (non-hydrogen) atoms. The summed E-state index contributed by atoms with van der Waals surface area (Å²) in [5.74, 6) is 0.112. The molecule has 0 N–H and O–H groups in total. The van der Waals surface area contributed by atoms with Crippen LogP contribution in [0.3, 0.4) is 0 Å². The van der Waals surface area contributed by atoms with E-state index in [0.29, 0.717) is 17.9 Å². The Morgan fingerprint density at radius 1 is 0.686 bits per heavy atom. The maximum absolute atomic E-state index is 12.2. The fourth-order valence-electron chi connectivity index (χ4n) is 6.14. The minimum Gasteiger partial charge on any atom is -0.426 e. The van der Waals surface area contributed by atoms with Gasteiger partial charge in [-0.3, -0.25) is 9.59 Å². The van der Waals surface area contributed by atoms with Crippen molar-refractivity contribution in [2.75, 3.05) is 0 Å². The Morgan fingerprint density at radius 2 is 1.20 bits per heavy atom. The first-order valence-electron chi connectivity index (χ1n) is 11.8. The van der Waals surface area contributed by atoms with Gasteiger partial charge in [0, 0.05) is 30.9 Å². The Kier molecular flexibility index (Phi) is 4.85. The third kappa shape index (κ3) is 3.13. The van der Waals surface area contributed by atoms with Gasteiger partial charge in [0.25, 0.3) is 0 Å². The summed E-state index contributed by atoms with van der Waals surface area (Å²) in [6.45, 7) is 2.83. The second-order valence-corrected chi connectivity index (χ2v) is 9.21. The first-order chi connectivity index (χ1) is 17.0. The fraction of sp³-hybridized carbons (Fsp3) is 0.161. The summed E-state index contributed by atoms with van der Waals surface area (Å²) < 4.78 is 11.6. The highest BCUT2D eigenvalue weighted by Crippen LogP contribution is 2.63. The van der Waals surface area contributed by atoms with Gasteiger partial charge in [-0.1, -0.05) is 78.9 Å². The average Bonchev–Trinajstić information content (AvgIpc) is 2.85. The predicted molar refractivity (Wildman–Crippen MR) is 133 cm³/mol. The van der Waals surface area contributed by atoms with Crippen molar-refractivity contribution in [1.29, 1.82) is 0 Å². The monoisotopic (exact) mass is 460 g/mol. The van der Waals surface area contributed by atoms with Gasteiger partial charge in [-0.15, -0.1) is 0 Å². The lowest BCUT2D eigenvalue weighted by atomic mass is 9.51. The molecule has 0 radical (unpaired) electrons. The molecule has 4 aromatic rings. The highest BCUT2D eigenvalue weighted by molar-refractivity contribution is 5.80. The molecular formula is C31H24O4. The lowest BCUT2D eigenvalue weighted by Crippen LogP contribution is -2.44. The van der Waals surface area contributed by atoms with Crippen LogP contribution in [0.15, 0.2) is 91.0 Å². The standard InChI is InChI=1S/C31H24O4/c1-19(32)34-26-16-17-27(35-20(2)33)30-29(26)28-22-12-6-8-14-24(22)31(30,18-21-10-4-3-5-11-21)25-15-9-7-13-23(25)28/h3-17,28H,18H2,1-2H3. The summed E-state index contributed by atoms with van der Waals surface area (Å²) in [4.78, 5) is 24.3. The van der Waals surface area contributed by atoms with Crippen molar-refractivity contribution in [3.8, 4) is 11.5 Å². The van der Waals surface area contributed by atoms with Gasteiger partial charge >= 0.3 is 11.9 Å². The maximum Gasteiger partial charge on any atom is 0.308 e. The van der Waals surface area contributed by atoms with E-state index < -0.39 is 5.41 Å². The largest absolute Gasteiger partial charge is 0.426 e. The van der Waals surface area contributed by atoms with E-state index in [2.05, 4.69) is 60.7 Å². The minimum atomic E-state index is -0.625. The molecule has 4 aromatic carbocycles. The van der Waals surface area contributed by atoms with Gasteiger partial charge < -0.3 is 9.47 Å². The Bertz CT molecular complexity index is 1440. The SMILES string of the molecule is CC(=O)Oc1ccc(OC(C)=O)c2c1C1c3ccccc3C2(Cc2ccccc2)c2ccccc21. The third-order valence-electron chi connectivity index (χ3n) is 7.17. The van der Waals surface area contributed by atoms with E-state index in [9.17, 15) is 9.59 Å². The number of ether oxygens (including phenoxy) is 2. The molecule has 7 rings (SSSR count). The summed E-state index contributed by atoms with van der Waals surface area (Å²) in [6, 6.07) is 30.8. The van der Waals surface area contributed by atoms with Crippen LogP contribution in [0.4, 0.5) is 0 Å². The van der Waals surface area contributed by atoms with Crippen LogP contribution in [0.5, 0.6) is 11.5 Å². The van der Waals surface area contributed by atoms with E-state index in [-0.39, 0.29) is 17.9 Å². The van der Waals surface area contributed by atoms with Crippen molar-refractivity contribution in [2.45, 2.75) is 31.6 Å². The topological polar surface area (TPSA) is 52.6 Å². The first-order valence-corrected chi connectivity index (χ1v) is 11.8. The molecule has 2 bridgehead atoms. The second kappa shape index (κ2) is 7.95. The molecule has 4 heteroatoms. The average molecular weight is 461 g/mol. The number of carbonyl (C=O) groups excluding carboxylic acids is 2. The van der Waals surface area contributed by atoms with Crippen LogP contribution >= 0.6 is 0 Å². The van der Waals surface area contributed by atoms with Crippen LogP contribution in [0.1, 0.15) is 58.7 Å². The minimum absolute atomic E-state index is 0.139. The maximum atomic E-state index is 12.2. The van der Waals surface area contributed by atoms with Gasteiger partial charge in [-0.25, -0.2) is 0 Å². The lowest BCUT2D eigenvalue weighted by Gasteiger charge is -2.51. The van der Waals surface area contributed by atoms with E-state index in [1.165, 1.54) is 36.1 Å². The molecule has 0 spiro atoms. The van der Waals surface area contributed by atoms with E-state index in [0.717, 1.165) is 16.7 Å². The summed E-state index contributed by atoms with van der Waals surface area (Å²) >= 11 is 0. The highest BCUT2D eigenvalue weighted by atomic mass is 16.5. The van der Waals surface area contributed by atoms with Crippen LogP contribution in [-0.4, -0.2) is 11.9 Å². The smallest absolute Gasteiger partial charge is 0.308 e. The molecular weight excluding hydrogens is 436 g/mol. The zero-order valence-electron chi connectivity index (χ0n) is 19.6. The van der Waals surface area contributed by atoms with Crippen LogP contribution < -0.4 is 9.47 Å². The lowest BCUT2D eigenvalue weighted by molar-refractivity contribution is -0.133. The molecule has 0 unspecified atom stereocenters. The molecule has 3 aliphatic rings. The van der Waals surface area contributed by atoms with E-state index in [1.807, 2.05) is 18.2 Å². The Balaban J connectivity index is 1.77. The van der Waals surface area contributed by atoms with Crippen molar-refractivity contribution >= 4 is 11.9 Å². The number of hydrogen-bond donors (Lipinski definition) is 0. The van der Waals surface area contributed by atoms with Crippen LogP contribution in [0, 0.1) is 0 Å². The summed E-state index contributed by atoms with van der Waals surface area (Å²) in [5.41, 5.74) is 7.08. The Labute approximate surface area is 204 Å². The molecule has 172 valence electrons. The van der Waals surface area contributed by atoms with Gasteiger partial charge in [0.1, 0.15) is 11.5 Å². The van der Waals surface area contributed by atoms with Crippen molar-refractivity contribution in [3.63, 3.8) is 0 Å². The van der Waals surface area contributed by atoms with Crippen molar-refractivity contribution in [1.82, 2.24) is 0 Å². The fourth-order valence-corrected chi connectivity index (χ4v) is 6.14. The van der Waals surface area contributed by atoms with Gasteiger partial charge in [-0.2, -0.15) is 0 Å². The molecule has 0 fully saturated rings. The number of carbonyl (C=O) groups is 2. The number of benzene rings is 4. The van der Waals surface area contributed by atoms with Gasteiger partial charge in [-0.05, 0) is 46.4 Å². The third-order valence-corrected chi connectivity index (χ3v) is 7.17. The first kappa shape index (κ1) is 21.4. The normalized spacial score (nSPS) is 18.7. The molecule has 0 atom stereocenters. The van der Waals surface area contributed by atoms with Crippen LogP contribution in [-0.2, 0) is 21.4 Å². The summed E-state index contributed by atoms with van der Waals surface area (Å²) in [7, 11) is 0. The summed E-state index contributed by atoms with van der Waals surface area (Å²) in [6.07, 6.45) is 0.666. The van der Waals surface area contributed by atoms with Crippen LogP contribution in [0.25, 0.3) is 0 Å². The number of esters is 2. The Morgan fingerprint density at radius 3 is 1.80 bits per heavy atom. The predicted octanol–water partition coefficient (Wildman–Crippen LogP) is 5.92. The quantitative estimate of drug-likeness (QED) is 0.280. The van der Waals surface area contributed by atoms with Crippen molar-refractivity contribution in [2.24, 2.45) is 0 Å². The molecule has 0 saturated carbocycles. The van der Waals surface area contributed by atoms with Crippen molar-refractivity contribution in [3.05, 3.63) is 130 Å². The van der Waals surface area contributed by atoms with Gasteiger partial charge in [0.15, 0.2) is 0 Å². The van der Waals surface area contributed by atoms with Crippen LogP contribution in [0.2, 0.25) is 0 Å². The van der Waals surface area contributed by atoms with Crippen molar-refractivity contribution < 1.29 is 19.1 Å². The highest BCUT2D eigenvalue weighted by Gasteiger charge is 2.54. The number of hydrogen-bond acceptors (Lipinski definition) is 4. The molecule has 0 amide bonds. The number of rotatable bonds is 4. The molecule has 0 aromatic heterocycles. The molecule has 4 nitrogen and oxygen atoms in total. The Hall–Kier alpha value is -4.18. The molecule has 0 aliphatic heterocycles. The van der Waals surface area contributed by atoms with Gasteiger partial charge in [0.05, 0.1) is 5.41 Å². The zero-order chi connectivity index (χ0) is 24.2. The van der Waals surface area contributed by atoms with E-state index in [1.54, 1.807) is 12.1 Å². The second-order valence-electron chi connectivity index (χ2n) is 9.21. The zero-order valence-corrected chi connectivity index (χ0v) is 19.6. The molecule has 0 heterocycles. The summed E-state index contributed by atoms with van der Waals surface area (Å²) in [5, 5.41) is 0. The van der Waals surface area contributed by atoms with Gasteiger partial charge in [0.2, 0.25) is 0 Å². The van der Waals surface area contributed by atoms with E-state index >= 15 is 0 Å². The van der Waals surface area contributed by atoms with E-state index in [4.69, 9.17) is 9.47 Å². The molecule has 0 saturated heterocycles. The molecule has 3 aliphatic carbocycles.